The molecule has 2 atom stereocenters. The Morgan fingerprint density at radius 2 is 1.76 bits per heavy atom. The Balaban J connectivity index is 1.65. The lowest BCUT2D eigenvalue weighted by Gasteiger charge is -2.43. The number of nitrogens with zero attached hydrogens (tertiary/aromatic N) is 2. The second kappa shape index (κ2) is 10.5. The Bertz CT molecular complexity index is 874. The highest BCUT2D eigenvalue weighted by atomic mass is 16.6. The molecular weight excluding hydrogens is 420 g/mol. The van der Waals surface area contributed by atoms with Crippen molar-refractivity contribution in [1.82, 2.24) is 9.88 Å². The van der Waals surface area contributed by atoms with Gasteiger partial charge in [0, 0.05) is 12.6 Å². The van der Waals surface area contributed by atoms with Crippen LogP contribution in [-0.4, -0.2) is 46.0 Å². The molecule has 1 saturated carbocycles. The summed E-state index contributed by atoms with van der Waals surface area (Å²) in [7, 11) is 0. The first-order chi connectivity index (χ1) is 15.5. The molecular formula is C25H38N4O4. The van der Waals surface area contributed by atoms with E-state index in [0.29, 0.717) is 35.4 Å². The average molecular weight is 459 g/mol. The number of ether oxygens (including phenoxy) is 1. The molecule has 8 heteroatoms. The van der Waals surface area contributed by atoms with E-state index in [1.807, 2.05) is 4.90 Å². The number of likely N-dealkylation sites (tertiary alicyclic amines) is 1. The zero-order valence-electron chi connectivity index (χ0n) is 20.6. The van der Waals surface area contributed by atoms with Gasteiger partial charge in [0.2, 0.25) is 0 Å². The quantitative estimate of drug-likeness (QED) is 0.629. The number of amides is 3. The van der Waals surface area contributed by atoms with Gasteiger partial charge in [0.15, 0.2) is 0 Å². The van der Waals surface area contributed by atoms with Crippen molar-refractivity contribution in [2.24, 2.45) is 11.8 Å². The minimum Gasteiger partial charge on any atom is -0.444 e. The number of rotatable bonds is 3. The molecule has 0 bridgehead atoms. The third-order valence-electron chi connectivity index (χ3n) is 6.47. The lowest BCUT2D eigenvalue weighted by Crippen LogP contribution is -2.53. The molecule has 1 saturated heterocycles. The van der Waals surface area contributed by atoms with Crippen molar-refractivity contribution in [2.45, 2.75) is 91.2 Å². The van der Waals surface area contributed by atoms with Crippen LogP contribution in [0, 0.1) is 18.8 Å². The summed E-state index contributed by atoms with van der Waals surface area (Å²) in [5.74, 6) is 0.120. The van der Waals surface area contributed by atoms with Crippen molar-refractivity contribution in [1.29, 1.82) is 0 Å². The second-order valence-electron chi connectivity index (χ2n) is 10.6. The smallest absolute Gasteiger partial charge is 0.413 e. The van der Waals surface area contributed by atoms with E-state index in [4.69, 9.17) is 4.74 Å². The fourth-order valence-corrected chi connectivity index (χ4v) is 4.91. The van der Waals surface area contributed by atoms with Gasteiger partial charge >= 0.3 is 17.9 Å². The monoisotopic (exact) mass is 458 g/mol. The van der Waals surface area contributed by atoms with Crippen LogP contribution in [0.15, 0.2) is 12.3 Å². The second-order valence-corrected chi connectivity index (χ2v) is 10.6. The first-order valence-corrected chi connectivity index (χ1v) is 12.1. The summed E-state index contributed by atoms with van der Waals surface area (Å²) < 4.78 is 5.25. The summed E-state index contributed by atoms with van der Waals surface area (Å²) >= 11 is 0. The molecule has 1 aromatic heterocycles. The van der Waals surface area contributed by atoms with Gasteiger partial charge in [-0.3, -0.25) is 14.9 Å². The Labute approximate surface area is 196 Å². The molecule has 182 valence electrons. The Morgan fingerprint density at radius 3 is 2.39 bits per heavy atom. The van der Waals surface area contributed by atoms with Crippen molar-refractivity contribution in [3.8, 4) is 0 Å². The summed E-state index contributed by atoms with van der Waals surface area (Å²) in [4.78, 5) is 44.1. The van der Waals surface area contributed by atoms with Gasteiger partial charge < -0.3 is 15.0 Å². The lowest BCUT2D eigenvalue weighted by molar-refractivity contribution is -0.147. The van der Waals surface area contributed by atoms with Crippen molar-refractivity contribution >= 4 is 29.4 Å². The summed E-state index contributed by atoms with van der Waals surface area (Å²) in [6.45, 7) is 9.88. The predicted molar refractivity (Wildman–Crippen MR) is 128 cm³/mol. The molecule has 0 aromatic carbocycles. The van der Waals surface area contributed by atoms with E-state index in [1.54, 1.807) is 33.8 Å². The van der Waals surface area contributed by atoms with E-state index in [-0.39, 0.29) is 6.04 Å². The molecule has 3 amide bonds. The number of carbonyl (C=O) groups is 3. The molecule has 3 rings (SSSR count). The van der Waals surface area contributed by atoms with Gasteiger partial charge in [-0.05, 0) is 76.8 Å². The average Bonchev–Trinajstić information content (AvgIpc) is 2.74. The van der Waals surface area contributed by atoms with Crippen LogP contribution in [0.25, 0.3) is 0 Å². The van der Waals surface area contributed by atoms with Crippen LogP contribution < -0.4 is 10.6 Å². The van der Waals surface area contributed by atoms with E-state index < -0.39 is 23.5 Å². The largest absolute Gasteiger partial charge is 0.444 e. The van der Waals surface area contributed by atoms with E-state index in [0.717, 1.165) is 25.7 Å². The number of nitrogens with one attached hydrogen (secondary N) is 2. The lowest BCUT2D eigenvalue weighted by atomic mass is 9.78. The van der Waals surface area contributed by atoms with E-state index in [9.17, 15) is 14.4 Å². The Kier molecular flexibility index (Phi) is 7.97. The standard InChI is InChI=1S/C25H38N4O4/c1-16-11-12-20(18-9-7-6-8-10-18)29(15-16)23(31)22(30)27-19-13-17(2)21(26-14-19)28-24(32)33-25(3,4)5/h13-14,16,18,20H,6-12,15H2,1-5H3,(H,27,30)(H,26,28,32)/t16-,20+/m0/s1. The fraction of sp³-hybridized carbons (Fsp3) is 0.680. The van der Waals surface area contributed by atoms with Crippen molar-refractivity contribution < 1.29 is 19.1 Å². The van der Waals surface area contributed by atoms with Gasteiger partial charge in [-0.25, -0.2) is 9.78 Å². The van der Waals surface area contributed by atoms with Crippen LogP contribution in [0.1, 0.15) is 78.2 Å². The zero-order chi connectivity index (χ0) is 24.2. The molecule has 33 heavy (non-hydrogen) atoms. The molecule has 2 N–H and O–H groups in total. The predicted octanol–water partition coefficient (Wildman–Crippen LogP) is 4.88. The van der Waals surface area contributed by atoms with Crippen LogP contribution in [0.5, 0.6) is 0 Å². The van der Waals surface area contributed by atoms with Crippen LogP contribution in [-0.2, 0) is 14.3 Å². The molecule has 2 fully saturated rings. The summed E-state index contributed by atoms with van der Waals surface area (Å²) in [5, 5.41) is 5.31. The topological polar surface area (TPSA) is 101 Å². The first-order valence-electron chi connectivity index (χ1n) is 12.1. The molecule has 0 radical (unpaired) electrons. The van der Waals surface area contributed by atoms with Gasteiger partial charge in [0.25, 0.3) is 0 Å². The number of aromatic nitrogens is 1. The summed E-state index contributed by atoms with van der Waals surface area (Å²) in [6, 6.07) is 1.84. The highest BCUT2D eigenvalue weighted by Gasteiger charge is 2.37. The first kappa shape index (κ1) is 25.0. The Hall–Kier alpha value is -2.64. The summed E-state index contributed by atoms with van der Waals surface area (Å²) in [5.41, 5.74) is 0.450. The minimum absolute atomic E-state index is 0.153. The molecule has 8 nitrogen and oxygen atoms in total. The molecule has 0 spiro atoms. The third kappa shape index (κ3) is 6.92. The summed E-state index contributed by atoms with van der Waals surface area (Å²) in [6.07, 6.45) is 8.86. The van der Waals surface area contributed by atoms with Crippen LogP contribution in [0.2, 0.25) is 0 Å². The van der Waals surface area contributed by atoms with E-state index in [2.05, 4.69) is 22.5 Å². The number of carbonyl (C=O) groups excluding carboxylic acids is 3. The molecule has 2 heterocycles. The number of hydrogen-bond acceptors (Lipinski definition) is 5. The van der Waals surface area contributed by atoms with Crippen LogP contribution >= 0.6 is 0 Å². The van der Waals surface area contributed by atoms with Crippen molar-refractivity contribution in [2.75, 3.05) is 17.2 Å². The molecule has 1 aromatic rings. The molecule has 2 aliphatic rings. The van der Waals surface area contributed by atoms with E-state index >= 15 is 0 Å². The number of piperidine rings is 1. The van der Waals surface area contributed by atoms with Crippen molar-refractivity contribution in [3.05, 3.63) is 17.8 Å². The minimum atomic E-state index is -0.640. The van der Waals surface area contributed by atoms with E-state index in [1.165, 1.54) is 25.5 Å². The SMILES string of the molecule is Cc1cc(NC(=O)C(=O)N2C[C@@H](C)CC[C@@H]2C2CCCCC2)cnc1NC(=O)OC(C)(C)C. The number of anilines is 2. The van der Waals surface area contributed by atoms with Crippen LogP contribution in [0.3, 0.4) is 0 Å². The van der Waals surface area contributed by atoms with Crippen LogP contribution in [0.4, 0.5) is 16.3 Å². The maximum Gasteiger partial charge on any atom is 0.413 e. The molecule has 0 unspecified atom stereocenters. The highest BCUT2D eigenvalue weighted by Crippen LogP contribution is 2.35. The van der Waals surface area contributed by atoms with Gasteiger partial charge in [-0.2, -0.15) is 0 Å². The van der Waals surface area contributed by atoms with Crippen molar-refractivity contribution in [3.63, 3.8) is 0 Å². The maximum atomic E-state index is 13.2. The molecule has 1 aliphatic heterocycles. The number of pyridine rings is 1. The third-order valence-corrected chi connectivity index (χ3v) is 6.47. The normalized spacial score (nSPS) is 21.9. The van der Waals surface area contributed by atoms with Gasteiger partial charge in [0.1, 0.15) is 11.4 Å². The van der Waals surface area contributed by atoms with Gasteiger partial charge in [-0.1, -0.05) is 26.2 Å². The maximum absolute atomic E-state index is 13.2. The number of hydrogen-bond donors (Lipinski definition) is 2. The van der Waals surface area contributed by atoms with Gasteiger partial charge in [0.05, 0.1) is 11.9 Å². The number of aryl methyl sites for hydroxylation is 1. The van der Waals surface area contributed by atoms with Gasteiger partial charge in [-0.15, -0.1) is 0 Å². The Morgan fingerprint density at radius 1 is 1.06 bits per heavy atom. The fourth-order valence-electron chi connectivity index (χ4n) is 4.91. The zero-order valence-corrected chi connectivity index (χ0v) is 20.6. The highest BCUT2D eigenvalue weighted by molar-refractivity contribution is 6.39. The molecule has 1 aliphatic carbocycles.